The second kappa shape index (κ2) is 14.3. The van der Waals surface area contributed by atoms with Crippen LogP contribution in [0.3, 0.4) is 0 Å². The number of primary amides is 1. The summed E-state index contributed by atoms with van der Waals surface area (Å²) >= 11 is 6.00. The Morgan fingerprint density at radius 3 is 2.33 bits per heavy atom. The van der Waals surface area contributed by atoms with Crippen molar-refractivity contribution < 1.29 is 35.9 Å². The van der Waals surface area contributed by atoms with Gasteiger partial charge in [0.2, 0.25) is 0 Å². The fourth-order valence-corrected chi connectivity index (χ4v) is 5.42. The molecule has 0 saturated heterocycles. The predicted molar refractivity (Wildman–Crippen MR) is 162 cm³/mol. The van der Waals surface area contributed by atoms with Crippen LogP contribution in [0.2, 0.25) is 5.02 Å². The van der Waals surface area contributed by atoms with E-state index < -0.39 is 27.7 Å². The molecule has 5 rings (SSSR count). The van der Waals surface area contributed by atoms with E-state index in [2.05, 4.69) is 14.7 Å². The average molecular weight is 663 g/mol. The number of rotatable bonds is 10. The van der Waals surface area contributed by atoms with E-state index in [1.807, 2.05) is 6.07 Å². The molecular weight excluding hydrogens is 633 g/mol. The summed E-state index contributed by atoms with van der Waals surface area (Å²) in [6, 6.07) is 18.5. The van der Waals surface area contributed by atoms with Gasteiger partial charge < -0.3 is 15.2 Å². The highest BCUT2D eigenvalue weighted by Crippen LogP contribution is 2.42. The number of benzene rings is 2. The topological polar surface area (TPSA) is 134 Å². The number of sulfonamides is 1. The molecule has 2 heterocycles. The summed E-state index contributed by atoms with van der Waals surface area (Å²) in [5.41, 5.74) is 6.63. The van der Waals surface area contributed by atoms with Gasteiger partial charge in [0.1, 0.15) is 30.0 Å². The monoisotopic (exact) mass is 662 g/mol. The number of ether oxygens (including phenoxy) is 2. The number of alkyl halides is 3. The van der Waals surface area contributed by atoms with E-state index in [1.54, 1.807) is 44.4 Å². The van der Waals surface area contributed by atoms with Crippen LogP contribution < -0.4 is 15.2 Å². The summed E-state index contributed by atoms with van der Waals surface area (Å²) in [7, 11) is -2.23. The molecule has 2 aromatic heterocycles. The quantitative estimate of drug-likeness (QED) is 0.193. The van der Waals surface area contributed by atoms with Gasteiger partial charge in [-0.05, 0) is 91.9 Å². The molecule has 1 amide bonds. The molecule has 1 aliphatic carbocycles. The molecule has 1 atom stereocenters. The number of nitrogens with zero attached hydrogens (tertiary/aromatic N) is 2. The van der Waals surface area contributed by atoms with Crippen molar-refractivity contribution in [3.8, 4) is 5.75 Å². The zero-order valence-electron chi connectivity index (χ0n) is 24.2. The molecule has 0 radical (unpaired) electrons. The smallest absolute Gasteiger partial charge is 0.416 e. The average Bonchev–Trinajstić information content (AvgIpc) is 3.83. The number of halogens is 4. The van der Waals surface area contributed by atoms with Crippen LogP contribution in [0.15, 0.2) is 83.8 Å². The van der Waals surface area contributed by atoms with E-state index >= 15 is 0 Å². The van der Waals surface area contributed by atoms with Crippen molar-refractivity contribution in [2.24, 2.45) is 11.7 Å². The Bertz CT molecular complexity index is 1750. The Kier molecular flexibility index (Phi) is 10.7. The number of nitrogens with one attached hydrogen (secondary N) is 1. The number of anilines is 1. The third-order valence-corrected chi connectivity index (χ3v) is 8.45. The van der Waals surface area contributed by atoms with Crippen LogP contribution in [0.5, 0.6) is 5.75 Å². The molecule has 2 aromatic carbocycles. The first kappa shape index (κ1) is 33.7. The van der Waals surface area contributed by atoms with Gasteiger partial charge >= 0.3 is 6.18 Å². The number of aromatic nitrogens is 2. The number of hydrogen-bond donors (Lipinski definition) is 2. The Labute approximate surface area is 263 Å². The van der Waals surface area contributed by atoms with E-state index in [-0.39, 0.29) is 29.2 Å². The van der Waals surface area contributed by atoms with Crippen LogP contribution in [-0.2, 0) is 27.5 Å². The second-order valence-corrected chi connectivity index (χ2v) is 12.2. The van der Waals surface area contributed by atoms with Gasteiger partial charge in [-0.3, -0.25) is 9.52 Å². The lowest BCUT2D eigenvalue weighted by Gasteiger charge is -2.13. The number of hydrogen-bond acceptors (Lipinski definition) is 7. The van der Waals surface area contributed by atoms with Crippen molar-refractivity contribution in [1.29, 1.82) is 0 Å². The van der Waals surface area contributed by atoms with Crippen LogP contribution in [0, 0.1) is 12.8 Å². The third kappa shape index (κ3) is 9.40. The van der Waals surface area contributed by atoms with Crippen LogP contribution in [0.25, 0.3) is 0 Å². The number of methoxy groups -OCH3 is 1. The van der Waals surface area contributed by atoms with Crippen molar-refractivity contribution in [2.75, 3.05) is 11.8 Å². The molecule has 0 aliphatic heterocycles. The third-order valence-electron chi connectivity index (χ3n) is 6.69. The first-order chi connectivity index (χ1) is 21.3. The predicted octanol–water partition coefficient (Wildman–Crippen LogP) is 6.72. The van der Waals surface area contributed by atoms with Gasteiger partial charge in [0, 0.05) is 12.1 Å². The Hall–Kier alpha value is -4.20. The van der Waals surface area contributed by atoms with Crippen LogP contribution in [-0.4, -0.2) is 31.4 Å². The Morgan fingerprint density at radius 1 is 1.04 bits per heavy atom. The molecule has 9 nitrogen and oxygen atoms in total. The molecule has 1 aliphatic rings. The fraction of sp³-hybridized carbons (Fsp3) is 0.258. The number of carbonyl (C=O) groups is 1. The van der Waals surface area contributed by atoms with E-state index in [4.69, 9.17) is 26.8 Å². The summed E-state index contributed by atoms with van der Waals surface area (Å²) in [6.07, 6.45) is -2.08. The minimum Gasteiger partial charge on any atom is -0.487 e. The van der Waals surface area contributed by atoms with Crippen LogP contribution in [0.4, 0.5) is 19.0 Å². The second-order valence-electron chi connectivity index (χ2n) is 10.1. The zero-order valence-corrected chi connectivity index (χ0v) is 25.8. The zero-order chi connectivity index (χ0) is 32.8. The van der Waals surface area contributed by atoms with E-state index in [1.165, 1.54) is 43.2 Å². The van der Waals surface area contributed by atoms with Gasteiger partial charge in [-0.2, -0.15) is 13.2 Å². The maximum absolute atomic E-state index is 12.6. The maximum atomic E-state index is 12.6. The summed E-state index contributed by atoms with van der Waals surface area (Å²) < 4.78 is 76.1. The first-order valence-corrected chi connectivity index (χ1v) is 15.5. The normalized spacial score (nSPS) is 13.7. The van der Waals surface area contributed by atoms with E-state index in [9.17, 15) is 26.4 Å². The molecule has 4 aromatic rings. The SMILES string of the molecule is COC(c1cccc(C(N)=O)n1)C1CC1.Cc1ccc(S(=O)(=O)Nc2cccc(COc3ccc(C(F)(F)F)cc3)n2)cc1Cl. The number of aryl methyl sites for hydroxylation is 1. The van der Waals surface area contributed by atoms with Crippen LogP contribution in [0.1, 0.15) is 51.9 Å². The molecule has 14 heteroatoms. The minimum atomic E-state index is -4.42. The maximum Gasteiger partial charge on any atom is 0.416 e. The lowest BCUT2D eigenvalue weighted by Crippen LogP contribution is -2.15. The number of amides is 1. The van der Waals surface area contributed by atoms with Crippen molar-refractivity contribution in [3.63, 3.8) is 0 Å². The molecule has 1 fully saturated rings. The van der Waals surface area contributed by atoms with E-state index in [0.717, 1.165) is 23.4 Å². The first-order valence-electron chi connectivity index (χ1n) is 13.6. The van der Waals surface area contributed by atoms with Gasteiger partial charge in [0.15, 0.2) is 0 Å². The van der Waals surface area contributed by atoms with Gasteiger partial charge in [-0.25, -0.2) is 18.4 Å². The number of pyridine rings is 2. The van der Waals surface area contributed by atoms with Gasteiger partial charge in [0.05, 0.1) is 21.8 Å². The van der Waals surface area contributed by atoms with Gasteiger partial charge in [-0.15, -0.1) is 0 Å². The lowest BCUT2D eigenvalue weighted by molar-refractivity contribution is -0.137. The summed E-state index contributed by atoms with van der Waals surface area (Å²) in [5.74, 6) is 0.346. The standard InChI is InChI=1S/C20H16ClF3N2O3S.C11H14N2O2/c1-13-5-10-17(11-18(13)21)30(27,28)26-19-4-2-3-15(25-19)12-29-16-8-6-14(7-9-16)20(22,23)24;1-15-10(7-5-6-7)8-3-2-4-9(13-8)11(12)14/h2-11H,12H2,1H3,(H,25,26);2-4,7,10H,5-6H2,1H3,(H2,12,14). The highest BCUT2D eigenvalue weighted by atomic mass is 35.5. The molecule has 1 saturated carbocycles. The Morgan fingerprint density at radius 2 is 1.73 bits per heavy atom. The molecule has 0 bridgehead atoms. The summed E-state index contributed by atoms with van der Waals surface area (Å²) in [6.45, 7) is 1.70. The molecule has 1 unspecified atom stereocenters. The van der Waals surface area contributed by atoms with Crippen molar-refractivity contribution in [2.45, 2.75) is 43.5 Å². The molecule has 3 N–H and O–H groups in total. The molecule has 238 valence electrons. The number of nitrogens with two attached hydrogens (primary N) is 1. The number of carbonyl (C=O) groups excluding carboxylic acids is 1. The van der Waals surface area contributed by atoms with Crippen molar-refractivity contribution >= 4 is 33.3 Å². The van der Waals surface area contributed by atoms with Gasteiger partial charge in [-0.1, -0.05) is 29.8 Å². The van der Waals surface area contributed by atoms with Crippen molar-refractivity contribution in [3.05, 3.63) is 112 Å². The molecular formula is C31H30ClF3N4O5S. The van der Waals surface area contributed by atoms with Crippen LogP contribution >= 0.6 is 11.6 Å². The molecule has 45 heavy (non-hydrogen) atoms. The highest BCUT2D eigenvalue weighted by molar-refractivity contribution is 7.92. The van der Waals surface area contributed by atoms with Gasteiger partial charge in [0.25, 0.3) is 15.9 Å². The lowest BCUT2D eigenvalue weighted by atomic mass is 10.1. The minimum absolute atomic E-state index is 0.00398. The van der Waals surface area contributed by atoms with E-state index in [0.29, 0.717) is 22.3 Å². The largest absolute Gasteiger partial charge is 0.487 e. The summed E-state index contributed by atoms with van der Waals surface area (Å²) in [5, 5.41) is 0.324. The fourth-order valence-electron chi connectivity index (χ4n) is 4.15. The van der Waals surface area contributed by atoms with Crippen molar-refractivity contribution in [1.82, 2.24) is 9.97 Å². The Balaban J connectivity index is 0.000000256. The summed E-state index contributed by atoms with van der Waals surface area (Å²) in [4.78, 5) is 19.3. The molecule has 0 spiro atoms. The highest BCUT2D eigenvalue weighted by Gasteiger charge is 2.33.